The fourth-order valence-corrected chi connectivity index (χ4v) is 2.36. The van der Waals surface area contributed by atoms with Crippen molar-refractivity contribution in [2.75, 3.05) is 37.6 Å². The third-order valence-corrected chi connectivity index (χ3v) is 3.41. The molecule has 0 radical (unpaired) electrons. The number of nitrogens with one attached hydrogen (secondary N) is 1. The lowest BCUT2D eigenvalue weighted by Crippen LogP contribution is -2.46. The highest BCUT2D eigenvalue weighted by molar-refractivity contribution is 5.76. The molecule has 1 aliphatic rings. The molecular weight excluding hydrogens is 224 g/mol. The van der Waals surface area contributed by atoms with E-state index in [0.29, 0.717) is 5.84 Å². The zero-order chi connectivity index (χ0) is 12.8. The third kappa shape index (κ3) is 3.74. The smallest absolute Gasteiger partial charge is 0.0905 e. The molecule has 0 aromatic heterocycles. The zero-order valence-electron chi connectivity index (χ0n) is 10.8. The van der Waals surface area contributed by atoms with Crippen molar-refractivity contribution in [3.8, 4) is 0 Å². The van der Waals surface area contributed by atoms with Crippen molar-refractivity contribution in [1.82, 2.24) is 4.90 Å². The number of hydrogen-bond donors (Lipinski definition) is 2. The van der Waals surface area contributed by atoms with Gasteiger partial charge >= 0.3 is 0 Å². The second-order valence-electron chi connectivity index (χ2n) is 4.79. The van der Waals surface area contributed by atoms with Crippen LogP contribution < -0.4 is 10.6 Å². The Morgan fingerprint density at radius 2 is 1.78 bits per heavy atom. The van der Waals surface area contributed by atoms with Gasteiger partial charge in [-0.2, -0.15) is 0 Å². The minimum atomic E-state index is 0.304. The Balaban J connectivity index is 1.73. The van der Waals surface area contributed by atoms with Gasteiger partial charge in [0.2, 0.25) is 0 Å². The second-order valence-corrected chi connectivity index (χ2v) is 4.79. The highest BCUT2D eigenvalue weighted by atomic mass is 15.3. The van der Waals surface area contributed by atoms with Crippen molar-refractivity contribution in [2.24, 2.45) is 5.73 Å². The van der Waals surface area contributed by atoms with Crippen LogP contribution in [0.4, 0.5) is 5.69 Å². The molecular formula is C14H22N4. The van der Waals surface area contributed by atoms with Gasteiger partial charge in [-0.05, 0) is 25.1 Å². The summed E-state index contributed by atoms with van der Waals surface area (Å²) < 4.78 is 0. The molecule has 3 N–H and O–H groups in total. The van der Waals surface area contributed by atoms with Crippen LogP contribution in [-0.2, 0) is 0 Å². The molecule has 4 heteroatoms. The number of nitrogens with two attached hydrogens (primary N) is 1. The molecule has 0 saturated carbocycles. The van der Waals surface area contributed by atoms with Crippen LogP contribution in [-0.4, -0.2) is 43.5 Å². The molecule has 98 valence electrons. The van der Waals surface area contributed by atoms with Gasteiger partial charge in [-0.15, -0.1) is 0 Å². The lowest BCUT2D eigenvalue weighted by Gasteiger charge is -2.36. The number of amidine groups is 1. The van der Waals surface area contributed by atoms with E-state index in [2.05, 4.69) is 40.1 Å². The molecule has 1 fully saturated rings. The molecule has 0 spiro atoms. The van der Waals surface area contributed by atoms with Crippen molar-refractivity contribution >= 4 is 11.5 Å². The van der Waals surface area contributed by atoms with Crippen molar-refractivity contribution in [2.45, 2.75) is 12.8 Å². The van der Waals surface area contributed by atoms with E-state index in [4.69, 9.17) is 11.1 Å². The van der Waals surface area contributed by atoms with E-state index in [9.17, 15) is 0 Å². The van der Waals surface area contributed by atoms with Gasteiger partial charge in [0.1, 0.15) is 0 Å². The Labute approximate surface area is 109 Å². The normalized spacial score (nSPS) is 16.8. The van der Waals surface area contributed by atoms with Crippen molar-refractivity contribution < 1.29 is 0 Å². The standard InChI is InChI=1S/C14H22N4/c15-14(16)7-4-8-17-9-11-18(12-10-17)13-5-2-1-3-6-13/h1-3,5-6H,4,7-12H2,(H3,15,16). The average Bonchev–Trinajstić information content (AvgIpc) is 2.40. The molecule has 0 atom stereocenters. The van der Waals surface area contributed by atoms with Crippen molar-refractivity contribution in [3.05, 3.63) is 30.3 Å². The van der Waals surface area contributed by atoms with Gasteiger partial charge in [0.25, 0.3) is 0 Å². The summed E-state index contributed by atoms with van der Waals surface area (Å²) in [6, 6.07) is 10.6. The Morgan fingerprint density at radius 3 is 2.39 bits per heavy atom. The van der Waals surface area contributed by atoms with Crippen LogP contribution in [0.15, 0.2) is 30.3 Å². The van der Waals surface area contributed by atoms with E-state index in [1.807, 2.05) is 0 Å². The van der Waals surface area contributed by atoms with Crippen LogP contribution in [0, 0.1) is 5.41 Å². The van der Waals surface area contributed by atoms with E-state index in [-0.39, 0.29) is 0 Å². The monoisotopic (exact) mass is 246 g/mol. The van der Waals surface area contributed by atoms with E-state index in [0.717, 1.165) is 45.6 Å². The Hall–Kier alpha value is -1.55. The number of nitrogens with zero attached hydrogens (tertiary/aromatic N) is 2. The molecule has 18 heavy (non-hydrogen) atoms. The zero-order valence-corrected chi connectivity index (χ0v) is 10.8. The van der Waals surface area contributed by atoms with Crippen LogP contribution >= 0.6 is 0 Å². The predicted octanol–water partition coefficient (Wildman–Crippen LogP) is 1.52. The van der Waals surface area contributed by atoms with Gasteiger partial charge in [0, 0.05) is 38.3 Å². The van der Waals surface area contributed by atoms with Crippen molar-refractivity contribution in [3.63, 3.8) is 0 Å². The SMILES string of the molecule is N=C(N)CCCN1CCN(c2ccccc2)CC1. The van der Waals surface area contributed by atoms with Crippen LogP contribution in [0.3, 0.4) is 0 Å². The van der Waals surface area contributed by atoms with Crippen LogP contribution in [0.25, 0.3) is 0 Å². The van der Waals surface area contributed by atoms with E-state index in [1.54, 1.807) is 0 Å². The summed E-state index contributed by atoms with van der Waals surface area (Å²) in [4.78, 5) is 4.89. The minimum absolute atomic E-state index is 0.304. The third-order valence-electron chi connectivity index (χ3n) is 3.41. The summed E-state index contributed by atoms with van der Waals surface area (Å²) in [6.45, 7) is 5.44. The molecule has 4 nitrogen and oxygen atoms in total. The fraction of sp³-hybridized carbons (Fsp3) is 0.500. The summed E-state index contributed by atoms with van der Waals surface area (Å²) in [7, 11) is 0. The lowest BCUT2D eigenvalue weighted by atomic mass is 10.2. The van der Waals surface area contributed by atoms with Gasteiger partial charge in [0.05, 0.1) is 5.84 Å². The maximum atomic E-state index is 7.21. The summed E-state index contributed by atoms with van der Waals surface area (Å²) in [5.74, 6) is 0.304. The molecule has 1 aromatic rings. The van der Waals surface area contributed by atoms with Gasteiger partial charge in [-0.3, -0.25) is 10.3 Å². The largest absolute Gasteiger partial charge is 0.388 e. The van der Waals surface area contributed by atoms with E-state index >= 15 is 0 Å². The van der Waals surface area contributed by atoms with Crippen molar-refractivity contribution in [1.29, 1.82) is 5.41 Å². The predicted molar refractivity (Wildman–Crippen MR) is 76.2 cm³/mol. The Bertz CT molecular complexity index is 369. The molecule has 0 aliphatic carbocycles. The summed E-state index contributed by atoms with van der Waals surface area (Å²) in [5, 5.41) is 7.21. The molecule has 1 heterocycles. The topological polar surface area (TPSA) is 56.4 Å². The molecule has 1 saturated heterocycles. The number of benzene rings is 1. The highest BCUT2D eigenvalue weighted by Gasteiger charge is 2.16. The quantitative estimate of drug-likeness (QED) is 0.612. The first-order chi connectivity index (χ1) is 8.75. The van der Waals surface area contributed by atoms with Gasteiger partial charge < -0.3 is 10.6 Å². The first-order valence-corrected chi connectivity index (χ1v) is 6.61. The number of hydrogen-bond acceptors (Lipinski definition) is 3. The number of para-hydroxylation sites is 1. The molecule has 1 aromatic carbocycles. The molecule has 1 aliphatic heterocycles. The highest BCUT2D eigenvalue weighted by Crippen LogP contribution is 2.15. The number of anilines is 1. The maximum absolute atomic E-state index is 7.21. The Morgan fingerprint density at radius 1 is 1.11 bits per heavy atom. The van der Waals surface area contributed by atoms with Gasteiger partial charge in [-0.25, -0.2) is 0 Å². The first kappa shape index (κ1) is 12.9. The van der Waals surface area contributed by atoms with Gasteiger partial charge in [0.15, 0.2) is 0 Å². The maximum Gasteiger partial charge on any atom is 0.0905 e. The Kier molecular flexibility index (Phi) is 4.59. The van der Waals surface area contributed by atoms with Gasteiger partial charge in [-0.1, -0.05) is 18.2 Å². The first-order valence-electron chi connectivity index (χ1n) is 6.61. The fourth-order valence-electron chi connectivity index (χ4n) is 2.36. The minimum Gasteiger partial charge on any atom is -0.388 e. The molecule has 0 amide bonds. The lowest BCUT2D eigenvalue weighted by molar-refractivity contribution is 0.256. The molecule has 0 unspecified atom stereocenters. The summed E-state index contributed by atoms with van der Waals surface area (Å²) in [6.07, 6.45) is 1.72. The number of piperazine rings is 1. The van der Waals surface area contributed by atoms with Crippen LogP contribution in [0.5, 0.6) is 0 Å². The summed E-state index contributed by atoms with van der Waals surface area (Å²) >= 11 is 0. The van der Waals surface area contributed by atoms with Crippen LogP contribution in [0.1, 0.15) is 12.8 Å². The van der Waals surface area contributed by atoms with Crippen LogP contribution in [0.2, 0.25) is 0 Å². The summed E-state index contributed by atoms with van der Waals surface area (Å²) in [5.41, 5.74) is 6.68. The van der Waals surface area contributed by atoms with E-state index < -0.39 is 0 Å². The van der Waals surface area contributed by atoms with E-state index in [1.165, 1.54) is 5.69 Å². The second kappa shape index (κ2) is 6.40. The number of rotatable bonds is 5. The molecule has 0 bridgehead atoms. The molecule has 2 rings (SSSR count). The average molecular weight is 246 g/mol.